The van der Waals surface area contributed by atoms with Crippen molar-refractivity contribution in [3.05, 3.63) is 27.1 Å². The maximum atomic E-state index is 10.5. The summed E-state index contributed by atoms with van der Waals surface area (Å²) in [4.78, 5) is 10.2. The van der Waals surface area contributed by atoms with Crippen molar-refractivity contribution < 1.29 is 4.92 Å². The zero-order valence-electron chi connectivity index (χ0n) is 9.77. The second kappa shape index (κ2) is 5.80. The Balaban J connectivity index is 0.00000144. The van der Waals surface area contributed by atoms with E-state index in [4.69, 9.17) is 0 Å². The van der Waals surface area contributed by atoms with E-state index in [-0.39, 0.29) is 22.3 Å². The van der Waals surface area contributed by atoms with E-state index >= 15 is 0 Å². The third-order valence-electron chi connectivity index (χ3n) is 3.36. The normalized spacial score (nSPS) is 16.3. The van der Waals surface area contributed by atoms with Crippen LogP contribution in [0.5, 0.6) is 0 Å². The summed E-state index contributed by atoms with van der Waals surface area (Å²) < 4.78 is 0. The highest BCUT2D eigenvalue weighted by atomic mass is 35.5. The Kier molecular flexibility index (Phi) is 4.91. The maximum Gasteiger partial charge on any atom is 0.324 e. The third-order valence-corrected chi connectivity index (χ3v) is 4.29. The molecule has 1 aliphatic rings. The van der Waals surface area contributed by atoms with Crippen LogP contribution in [0.25, 0.3) is 0 Å². The van der Waals surface area contributed by atoms with Gasteiger partial charge in [0, 0.05) is 24.5 Å². The van der Waals surface area contributed by atoms with Gasteiger partial charge in [-0.1, -0.05) is 18.3 Å². The van der Waals surface area contributed by atoms with Crippen molar-refractivity contribution >= 4 is 28.7 Å². The monoisotopic (exact) mass is 276 g/mol. The number of rotatable bonds is 6. The quantitative estimate of drug-likeness (QED) is 0.640. The number of nitro groups is 1. The number of halogens is 1. The predicted octanol–water partition coefficient (Wildman–Crippen LogP) is 3.36. The van der Waals surface area contributed by atoms with E-state index < -0.39 is 0 Å². The first-order chi connectivity index (χ1) is 7.65. The average Bonchev–Trinajstić information content (AvgIpc) is 2.88. The Labute approximate surface area is 111 Å². The minimum atomic E-state index is -0.331. The molecule has 1 fully saturated rings. The standard InChI is InChI=1S/C11H16N2O2S.ClH/c1-2-11(3-4-11)8-12-6-9-5-10(13(14)15)16-7-9;/h5,7,12H,2-4,6,8H2,1H3;1H. The Bertz CT molecular complexity index is 391. The van der Waals surface area contributed by atoms with Crippen LogP contribution in [-0.4, -0.2) is 11.5 Å². The molecule has 0 aliphatic heterocycles. The predicted molar refractivity (Wildman–Crippen MR) is 71.9 cm³/mol. The smallest absolute Gasteiger partial charge is 0.312 e. The van der Waals surface area contributed by atoms with E-state index in [1.165, 1.54) is 30.6 Å². The average molecular weight is 277 g/mol. The third kappa shape index (κ3) is 3.66. The number of thiophene rings is 1. The van der Waals surface area contributed by atoms with Crippen molar-refractivity contribution in [2.24, 2.45) is 5.41 Å². The van der Waals surface area contributed by atoms with Crippen LogP contribution >= 0.6 is 23.7 Å². The zero-order valence-corrected chi connectivity index (χ0v) is 11.4. The molecular weight excluding hydrogens is 260 g/mol. The second-order valence-corrected chi connectivity index (χ2v) is 5.40. The van der Waals surface area contributed by atoms with Gasteiger partial charge in [0.05, 0.1) is 4.92 Å². The molecule has 6 heteroatoms. The van der Waals surface area contributed by atoms with E-state index in [9.17, 15) is 10.1 Å². The van der Waals surface area contributed by atoms with E-state index in [1.54, 1.807) is 6.07 Å². The molecule has 4 nitrogen and oxygen atoms in total. The molecule has 1 N–H and O–H groups in total. The minimum absolute atomic E-state index is 0. The van der Waals surface area contributed by atoms with Crippen molar-refractivity contribution in [2.75, 3.05) is 6.54 Å². The van der Waals surface area contributed by atoms with E-state index in [0.717, 1.165) is 18.7 Å². The van der Waals surface area contributed by atoms with Gasteiger partial charge >= 0.3 is 5.00 Å². The molecule has 17 heavy (non-hydrogen) atoms. The molecule has 0 unspecified atom stereocenters. The largest absolute Gasteiger partial charge is 0.324 e. The van der Waals surface area contributed by atoms with Gasteiger partial charge in [0.25, 0.3) is 0 Å². The summed E-state index contributed by atoms with van der Waals surface area (Å²) in [6.45, 7) is 4.00. The van der Waals surface area contributed by atoms with Crippen LogP contribution in [0.2, 0.25) is 0 Å². The van der Waals surface area contributed by atoms with Crippen molar-refractivity contribution in [3.63, 3.8) is 0 Å². The van der Waals surface area contributed by atoms with Crippen molar-refractivity contribution in [2.45, 2.75) is 32.7 Å². The summed E-state index contributed by atoms with van der Waals surface area (Å²) in [7, 11) is 0. The van der Waals surface area contributed by atoms with E-state index in [2.05, 4.69) is 12.2 Å². The van der Waals surface area contributed by atoms with Gasteiger partial charge in [0.1, 0.15) is 0 Å². The Morgan fingerprint density at radius 3 is 2.76 bits per heavy atom. The molecule has 0 radical (unpaired) electrons. The van der Waals surface area contributed by atoms with Crippen LogP contribution in [0.3, 0.4) is 0 Å². The van der Waals surface area contributed by atoms with Gasteiger partial charge in [-0.3, -0.25) is 10.1 Å². The lowest BCUT2D eigenvalue weighted by Gasteiger charge is -2.12. The van der Waals surface area contributed by atoms with Crippen molar-refractivity contribution in [1.82, 2.24) is 5.32 Å². The van der Waals surface area contributed by atoms with Gasteiger partial charge in [0.15, 0.2) is 0 Å². The van der Waals surface area contributed by atoms with Crippen molar-refractivity contribution in [1.29, 1.82) is 0 Å². The first-order valence-electron chi connectivity index (χ1n) is 5.58. The molecule has 0 bridgehead atoms. The molecule has 2 rings (SSSR count). The highest BCUT2D eigenvalue weighted by Crippen LogP contribution is 2.47. The molecule has 0 aromatic carbocycles. The SMILES string of the molecule is CCC1(CNCc2csc([N+](=O)[O-])c2)CC1.Cl. The number of nitrogens with zero attached hydrogens (tertiary/aromatic N) is 1. The van der Waals surface area contributed by atoms with Gasteiger partial charge in [0.2, 0.25) is 0 Å². The Hall–Kier alpha value is -0.650. The zero-order chi connectivity index (χ0) is 11.6. The Morgan fingerprint density at radius 2 is 2.29 bits per heavy atom. The lowest BCUT2D eigenvalue weighted by atomic mass is 10.0. The van der Waals surface area contributed by atoms with Gasteiger partial charge in [-0.25, -0.2) is 0 Å². The number of nitrogens with one attached hydrogen (secondary N) is 1. The van der Waals surface area contributed by atoms with Crippen molar-refractivity contribution in [3.8, 4) is 0 Å². The lowest BCUT2D eigenvalue weighted by Crippen LogP contribution is -2.22. The first kappa shape index (κ1) is 14.4. The molecule has 1 heterocycles. The molecule has 1 aromatic heterocycles. The topological polar surface area (TPSA) is 55.2 Å². The molecule has 1 aromatic rings. The van der Waals surface area contributed by atoms with Crippen LogP contribution in [0, 0.1) is 15.5 Å². The van der Waals surface area contributed by atoms with Gasteiger partial charge < -0.3 is 5.32 Å². The molecule has 0 saturated heterocycles. The fraction of sp³-hybridized carbons (Fsp3) is 0.636. The number of hydrogen-bond donors (Lipinski definition) is 1. The second-order valence-electron chi connectivity index (χ2n) is 4.51. The molecule has 0 atom stereocenters. The van der Waals surface area contributed by atoms with Crippen LogP contribution in [0.4, 0.5) is 5.00 Å². The van der Waals surface area contributed by atoms with Crippen LogP contribution in [-0.2, 0) is 6.54 Å². The van der Waals surface area contributed by atoms with E-state index in [1.807, 2.05) is 5.38 Å². The maximum absolute atomic E-state index is 10.5. The fourth-order valence-corrected chi connectivity index (χ4v) is 2.58. The summed E-state index contributed by atoms with van der Waals surface area (Å²) in [6, 6.07) is 1.66. The van der Waals surface area contributed by atoms with Crippen LogP contribution in [0.15, 0.2) is 11.4 Å². The van der Waals surface area contributed by atoms with Gasteiger partial charge in [-0.05, 0) is 30.2 Å². The summed E-state index contributed by atoms with van der Waals surface area (Å²) in [5, 5.41) is 16.0. The molecular formula is C11H17ClN2O2S. The lowest BCUT2D eigenvalue weighted by molar-refractivity contribution is -0.380. The number of hydrogen-bond acceptors (Lipinski definition) is 4. The Morgan fingerprint density at radius 1 is 1.59 bits per heavy atom. The summed E-state index contributed by atoms with van der Waals surface area (Å²) in [5.74, 6) is 0. The highest BCUT2D eigenvalue weighted by molar-refractivity contribution is 7.13. The summed E-state index contributed by atoms with van der Waals surface area (Å²) >= 11 is 1.20. The van der Waals surface area contributed by atoms with Gasteiger partial charge in [-0.2, -0.15) is 0 Å². The van der Waals surface area contributed by atoms with Gasteiger partial charge in [-0.15, -0.1) is 12.4 Å². The first-order valence-corrected chi connectivity index (χ1v) is 6.46. The van der Waals surface area contributed by atoms with E-state index in [0.29, 0.717) is 5.41 Å². The molecule has 1 aliphatic carbocycles. The minimum Gasteiger partial charge on any atom is -0.312 e. The molecule has 0 spiro atoms. The fourth-order valence-electron chi connectivity index (χ4n) is 1.86. The van der Waals surface area contributed by atoms with Crippen LogP contribution < -0.4 is 5.32 Å². The summed E-state index contributed by atoms with van der Waals surface area (Å²) in [6.07, 6.45) is 3.87. The summed E-state index contributed by atoms with van der Waals surface area (Å²) in [5.41, 5.74) is 1.55. The highest BCUT2D eigenvalue weighted by Gasteiger charge is 2.39. The molecule has 0 amide bonds. The molecule has 1 saturated carbocycles. The molecule has 96 valence electrons. The van der Waals surface area contributed by atoms with Crippen LogP contribution in [0.1, 0.15) is 31.7 Å².